The van der Waals surface area contributed by atoms with E-state index in [4.69, 9.17) is 4.74 Å². The summed E-state index contributed by atoms with van der Waals surface area (Å²) in [6.07, 6.45) is 2.07. The molecule has 1 fully saturated rings. The van der Waals surface area contributed by atoms with E-state index in [2.05, 4.69) is 12.2 Å². The van der Waals surface area contributed by atoms with Crippen LogP contribution < -0.4 is 5.32 Å². The van der Waals surface area contributed by atoms with E-state index >= 15 is 0 Å². The summed E-state index contributed by atoms with van der Waals surface area (Å²) in [5.41, 5.74) is 1.83. The molecule has 4 nitrogen and oxygen atoms in total. The minimum atomic E-state index is 0.143. The Morgan fingerprint density at radius 3 is 2.50 bits per heavy atom. The number of benzene rings is 1. The highest BCUT2D eigenvalue weighted by atomic mass is 16.5. The Morgan fingerprint density at radius 2 is 1.95 bits per heavy atom. The molecule has 0 aromatic heterocycles. The van der Waals surface area contributed by atoms with E-state index in [1.165, 1.54) is 0 Å². The zero-order valence-corrected chi connectivity index (χ0v) is 12.4. The Labute approximate surface area is 121 Å². The Kier molecular flexibility index (Phi) is 5.41. The largest absolute Gasteiger partial charge is 0.385 e. The van der Waals surface area contributed by atoms with Crippen molar-refractivity contribution in [2.45, 2.75) is 19.8 Å². The lowest BCUT2D eigenvalue weighted by Gasteiger charge is -2.31. The zero-order valence-electron chi connectivity index (χ0n) is 12.4. The molecule has 110 valence electrons. The van der Waals surface area contributed by atoms with Gasteiger partial charge >= 0.3 is 0 Å². The van der Waals surface area contributed by atoms with Gasteiger partial charge in [0, 0.05) is 44.6 Å². The van der Waals surface area contributed by atoms with Crippen molar-refractivity contribution in [3.05, 3.63) is 29.8 Å². The third-order valence-electron chi connectivity index (χ3n) is 3.82. The molecule has 1 amide bonds. The molecule has 1 aromatic rings. The molecular weight excluding hydrogens is 252 g/mol. The molecule has 1 heterocycles. The second-order valence-electron chi connectivity index (χ2n) is 5.30. The van der Waals surface area contributed by atoms with Crippen LogP contribution >= 0.6 is 0 Å². The van der Waals surface area contributed by atoms with Crippen molar-refractivity contribution in [2.75, 3.05) is 38.7 Å². The van der Waals surface area contributed by atoms with Crippen molar-refractivity contribution >= 4 is 11.6 Å². The van der Waals surface area contributed by atoms with Gasteiger partial charge in [0.25, 0.3) is 5.91 Å². The van der Waals surface area contributed by atoms with Gasteiger partial charge < -0.3 is 15.0 Å². The molecule has 0 saturated carbocycles. The first-order valence-electron chi connectivity index (χ1n) is 7.36. The Balaban J connectivity index is 1.91. The minimum Gasteiger partial charge on any atom is -0.385 e. The summed E-state index contributed by atoms with van der Waals surface area (Å²) in [5.74, 6) is 0.740. The Hall–Kier alpha value is -1.55. The maximum Gasteiger partial charge on any atom is 0.253 e. The molecule has 1 saturated heterocycles. The maximum atomic E-state index is 12.4. The van der Waals surface area contributed by atoms with E-state index < -0.39 is 0 Å². The first-order valence-corrected chi connectivity index (χ1v) is 7.36. The monoisotopic (exact) mass is 276 g/mol. The number of rotatable bonds is 5. The summed E-state index contributed by atoms with van der Waals surface area (Å²) in [4.78, 5) is 14.4. The third kappa shape index (κ3) is 3.73. The number of nitrogens with one attached hydrogen (secondary N) is 1. The van der Waals surface area contributed by atoms with Crippen molar-refractivity contribution in [1.82, 2.24) is 4.90 Å². The van der Waals surface area contributed by atoms with Gasteiger partial charge in [-0.05, 0) is 49.9 Å². The van der Waals surface area contributed by atoms with Gasteiger partial charge in [0.1, 0.15) is 0 Å². The summed E-state index contributed by atoms with van der Waals surface area (Å²) < 4.78 is 5.19. The van der Waals surface area contributed by atoms with Crippen LogP contribution in [0.3, 0.4) is 0 Å². The summed E-state index contributed by atoms with van der Waals surface area (Å²) in [7, 11) is 1.74. The lowest BCUT2D eigenvalue weighted by Crippen LogP contribution is -2.39. The van der Waals surface area contributed by atoms with Gasteiger partial charge in [0.05, 0.1) is 0 Å². The number of nitrogens with zero attached hydrogens (tertiary/aromatic N) is 1. The van der Waals surface area contributed by atoms with Crippen molar-refractivity contribution < 1.29 is 9.53 Å². The maximum absolute atomic E-state index is 12.4. The number of hydrogen-bond acceptors (Lipinski definition) is 3. The van der Waals surface area contributed by atoms with Crippen molar-refractivity contribution in [3.63, 3.8) is 0 Å². The molecule has 1 aliphatic heterocycles. The van der Waals surface area contributed by atoms with Crippen LogP contribution in [-0.2, 0) is 4.74 Å². The molecule has 0 aliphatic carbocycles. The molecule has 4 heteroatoms. The van der Waals surface area contributed by atoms with Gasteiger partial charge in [-0.25, -0.2) is 0 Å². The fourth-order valence-corrected chi connectivity index (χ4v) is 2.66. The van der Waals surface area contributed by atoms with Crippen molar-refractivity contribution in [1.29, 1.82) is 0 Å². The van der Waals surface area contributed by atoms with E-state index in [1.807, 2.05) is 29.2 Å². The molecule has 0 spiro atoms. The van der Waals surface area contributed by atoms with Gasteiger partial charge in [-0.15, -0.1) is 0 Å². The van der Waals surface area contributed by atoms with Gasteiger partial charge in [0.15, 0.2) is 0 Å². The van der Waals surface area contributed by atoms with Crippen LogP contribution in [0.5, 0.6) is 0 Å². The van der Waals surface area contributed by atoms with E-state index in [9.17, 15) is 4.79 Å². The van der Waals surface area contributed by atoms with Crippen LogP contribution in [0.15, 0.2) is 24.3 Å². The smallest absolute Gasteiger partial charge is 0.253 e. The van der Waals surface area contributed by atoms with Gasteiger partial charge in [-0.2, -0.15) is 0 Å². The van der Waals surface area contributed by atoms with Crippen LogP contribution in [-0.4, -0.2) is 44.2 Å². The van der Waals surface area contributed by atoms with E-state index in [1.54, 1.807) is 7.11 Å². The number of carbonyl (C=O) groups is 1. The Morgan fingerprint density at radius 1 is 1.30 bits per heavy atom. The van der Waals surface area contributed by atoms with Crippen molar-refractivity contribution in [2.24, 2.45) is 5.92 Å². The molecular formula is C16H24N2O2. The molecule has 0 bridgehead atoms. The third-order valence-corrected chi connectivity index (χ3v) is 3.82. The van der Waals surface area contributed by atoms with Crippen LogP contribution in [0, 0.1) is 5.92 Å². The zero-order chi connectivity index (χ0) is 14.4. The minimum absolute atomic E-state index is 0.143. The molecule has 20 heavy (non-hydrogen) atoms. The van der Waals surface area contributed by atoms with Crippen LogP contribution in [0.25, 0.3) is 0 Å². The average molecular weight is 276 g/mol. The predicted octanol–water partition coefficient (Wildman–Crippen LogP) is 2.62. The summed E-state index contributed by atoms with van der Waals surface area (Å²) in [5, 5.41) is 3.23. The average Bonchev–Trinajstić information content (AvgIpc) is 2.49. The number of anilines is 1. The number of ether oxygens (including phenoxy) is 1. The van der Waals surface area contributed by atoms with Crippen molar-refractivity contribution in [3.8, 4) is 0 Å². The van der Waals surface area contributed by atoms with E-state index in [-0.39, 0.29) is 5.91 Å². The predicted molar refractivity (Wildman–Crippen MR) is 81.1 cm³/mol. The van der Waals surface area contributed by atoms with Gasteiger partial charge in [-0.3, -0.25) is 4.79 Å². The lowest BCUT2D eigenvalue weighted by atomic mass is 9.97. The standard InChI is InChI=1S/C16H24N2O2/c1-3-17-15-6-4-14(5-7-15)16(19)18-10-8-13(9-11-18)12-20-2/h4-7,13,17H,3,8-12H2,1-2H3. The first-order chi connectivity index (χ1) is 9.74. The molecule has 1 N–H and O–H groups in total. The number of carbonyl (C=O) groups excluding carboxylic acids is 1. The molecule has 0 atom stereocenters. The second kappa shape index (κ2) is 7.29. The second-order valence-corrected chi connectivity index (χ2v) is 5.30. The number of piperidine rings is 1. The molecule has 1 aliphatic rings. The van der Waals surface area contributed by atoms with E-state index in [0.29, 0.717) is 5.92 Å². The highest BCUT2D eigenvalue weighted by Gasteiger charge is 2.23. The molecule has 0 radical (unpaired) electrons. The van der Waals surface area contributed by atoms with Crippen LogP contribution in [0.4, 0.5) is 5.69 Å². The van der Waals surface area contributed by atoms with E-state index in [0.717, 1.165) is 50.3 Å². The number of methoxy groups -OCH3 is 1. The fraction of sp³-hybridized carbons (Fsp3) is 0.562. The number of amides is 1. The highest BCUT2D eigenvalue weighted by molar-refractivity contribution is 5.94. The normalized spacial score (nSPS) is 16.2. The summed E-state index contributed by atoms with van der Waals surface area (Å²) in [6, 6.07) is 7.74. The quantitative estimate of drug-likeness (QED) is 0.899. The van der Waals surface area contributed by atoms with Crippen LogP contribution in [0.1, 0.15) is 30.1 Å². The fourth-order valence-electron chi connectivity index (χ4n) is 2.66. The topological polar surface area (TPSA) is 41.6 Å². The van der Waals surface area contributed by atoms with Gasteiger partial charge in [-0.1, -0.05) is 0 Å². The lowest BCUT2D eigenvalue weighted by molar-refractivity contribution is 0.0613. The number of likely N-dealkylation sites (tertiary alicyclic amines) is 1. The highest BCUT2D eigenvalue weighted by Crippen LogP contribution is 2.20. The Bertz CT molecular complexity index is 423. The molecule has 0 unspecified atom stereocenters. The molecule has 1 aromatic carbocycles. The van der Waals surface area contributed by atoms with Gasteiger partial charge in [0.2, 0.25) is 0 Å². The first kappa shape index (κ1) is 14.9. The number of hydrogen-bond donors (Lipinski definition) is 1. The SMILES string of the molecule is CCNc1ccc(C(=O)N2CCC(COC)CC2)cc1. The molecule has 2 rings (SSSR count). The summed E-state index contributed by atoms with van der Waals surface area (Å²) in [6.45, 7) is 5.42. The van der Waals surface area contributed by atoms with Crippen LogP contribution in [0.2, 0.25) is 0 Å². The summed E-state index contributed by atoms with van der Waals surface area (Å²) >= 11 is 0.